The van der Waals surface area contributed by atoms with Gasteiger partial charge in [-0.05, 0) is 31.0 Å². The van der Waals surface area contributed by atoms with Crippen molar-refractivity contribution in [2.45, 2.75) is 22.3 Å². The molecule has 0 aliphatic carbocycles. The fourth-order valence-electron chi connectivity index (χ4n) is 1.24. The lowest BCUT2D eigenvalue weighted by Gasteiger charge is -2.05. The molecule has 0 saturated carbocycles. The molecule has 0 radical (unpaired) electrons. The van der Waals surface area contributed by atoms with Crippen molar-refractivity contribution in [2.75, 3.05) is 18.6 Å². The molecule has 94 valence electrons. The van der Waals surface area contributed by atoms with Crippen LogP contribution in [0.2, 0.25) is 0 Å². The van der Waals surface area contributed by atoms with Gasteiger partial charge in [-0.2, -0.15) is 0 Å². The van der Waals surface area contributed by atoms with Gasteiger partial charge in [0.1, 0.15) is 10.8 Å². The molecular weight excluding hydrogens is 266 g/mol. The van der Waals surface area contributed by atoms with Crippen molar-refractivity contribution >= 4 is 29.3 Å². The van der Waals surface area contributed by atoms with E-state index in [2.05, 4.69) is 25.3 Å². The minimum atomic E-state index is 0.697. The topological polar surface area (TPSA) is 63.6 Å². The number of hydrogen-bond donors (Lipinski definition) is 1. The predicted octanol–water partition coefficient (Wildman–Crippen LogP) is 2.49. The van der Waals surface area contributed by atoms with E-state index in [1.165, 1.54) is 23.5 Å². The maximum absolute atomic E-state index is 4.42. The van der Waals surface area contributed by atoms with E-state index in [1.807, 2.05) is 32.4 Å². The normalized spacial score (nSPS) is 10.4. The zero-order valence-electron chi connectivity index (χ0n) is 10.3. The van der Waals surface area contributed by atoms with Crippen molar-refractivity contribution in [2.24, 2.45) is 0 Å². The number of rotatable bonds is 4. The maximum Gasteiger partial charge on any atom is 0.194 e. The average molecular weight is 279 g/mol. The second-order valence-corrected chi connectivity index (χ2v) is 5.17. The van der Waals surface area contributed by atoms with Gasteiger partial charge < -0.3 is 5.32 Å². The first-order valence-corrected chi connectivity index (χ1v) is 7.33. The van der Waals surface area contributed by atoms with Gasteiger partial charge in [-0.25, -0.2) is 19.9 Å². The Labute approximate surface area is 114 Å². The van der Waals surface area contributed by atoms with Gasteiger partial charge in [0.25, 0.3) is 0 Å². The highest BCUT2D eigenvalue weighted by atomic mass is 32.2. The Balaban J connectivity index is 2.28. The third-order valence-electron chi connectivity index (χ3n) is 2.09. The standard InChI is InChI=1S/C11H13N5S2/c1-7-4-5-13-10(14-7)18-9-6-8(12-2)15-11(16-9)17-3/h4-6H,1-3H3,(H,12,15,16). The highest BCUT2D eigenvalue weighted by Gasteiger charge is 2.06. The molecule has 0 aliphatic rings. The molecule has 0 spiro atoms. The Morgan fingerprint density at radius 1 is 1.17 bits per heavy atom. The van der Waals surface area contributed by atoms with Gasteiger partial charge in [0, 0.05) is 25.0 Å². The predicted molar refractivity (Wildman–Crippen MR) is 74.3 cm³/mol. The van der Waals surface area contributed by atoms with Gasteiger partial charge in [-0.15, -0.1) is 0 Å². The largest absolute Gasteiger partial charge is 0.373 e. The Kier molecular flexibility index (Phi) is 4.38. The lowest BCUT2D eigenvalue weighted by atomic mass is 10.5. The van der Waals surface area contributed by atoms with Crippen LogP contribution in [0.5, 0.6) is 0 Å². The van der Waals surface area contributed by atoms with Crippen molar-refractivity contribution in [1.29, 1.82) is 0 Å². The quantitative estimate of drug-likeness (QED) is 0.524. The van der Waals surface area contributed by atoms with E-state index >= 15 is 0 Å². The first-order valence-electron chi connectivity index (χ1n) is 5.29. The van der Waals surface area contributed by atoms with Crippen molar-refractivity contribution < 1.29 is 0 Å². The summed E-state index contributed by atoms with van der Waals surface area (Å²) in [5.41, 5.74) is 0.945. The van der Waals surface area contributed by atoms with Crippen molar-refractivity contribution in [1.82, 2.24) is 19.9 Å². The molecule has 2 aromatic heterocycles. The van der Waals surface area contributed by atoms with Gasteiger partial charge >= 0.3 is 0 Å². The summed E-state index contributed by atoms with van der Waals surface area (Å²) in [6.45, 7) is 1.94. The highest BCUT2D eigenvalue weighted by molar-refractivity contribution is 7.99. The second-order valence-electron chi connectivity index (χ2n) is 3.41. The Hall–Kier alpha value is -1.34. The van der Waals surface area contributed by atoms with E-state index in [9.17, 15) is 0 Å². The minimum Gasteiger partial charge on any atom is -0.373 e. The first kappa shape index (κ1) is 13.1. The monoisotopic (exact) mass is 279 g/mol. The summed E-state index contributed by atoms with van der Waals surface area (Å²) in [6.07, 6.45) is 3.70. The fourth-order valence-corrected chi connectivity index (χ4v) is 2.47. The van der Waals surface area contributed by atoms with E-state index in [4.69, 9.17) is 0 Å². The molecule has 0 amide bonds. The van der Waals surface area contributed by atoms with Crippen LogP contribution in [0.15, 0.2) is 33.7 Å². The average Bonchev–Trinajstić information content (AvgIpc) is 2.38. The summed E-state index contributed by atoms with van der Waals surface area (Å²) in [7, 11) is 1.84. The molecule has 1 N–H and O–H groups in total. The molecule has 5 nitrogen and oxygen atoms in total. The van der Waals surface area contributed by atoms with Crippen molar-refractivity contribution in [3.8, 4) is 0 Å². The Morgan fingerprint density at radius 3 is 2.67 bits per heavy atom. The molecule has 0 saturated heterocycles. The van der Waals surface area contributed by atoms with E-state index in [0.717, 1.165) is 21.7 Å². The van der Waals surface area contributed by atoms with Crippen LogP contribution in [-0.2, 0) is 0 Å². The number of anilines is 1. The third-order valence-corrected chi connectivity index (χ3v) is 3.43. The molecule has 2 aromatic rings. The highest BCUT2D eigenvalue weighted by Crippen LogP contribution is 2.26. The molecule has 2 rings (SSSR count). The Bertz CT molecular complexity index is 524. The molecule has 18 heavy (non-hydrogen) atoms. The molecule has 0 atom stereocenters. The van der Waals surface area contributed by atoms with Crippen LogP contribution in [0.3, 0.4) is 0 Å². The lowest BCUT2D eigenvalue weighted by Crippen LogP contribution is -1.97. The van der Waals surface area contributed by atoms with Gasteiger partial charge in [0.2, 0.25) is 0 Å². The number of nitrogens with zero attached hydrogens (tertiary/aromatic N) is 4. The summed E-state index contributed by atoms with van der Waals surface area (Å²) in [5.74, 6) is 0.796. The van der Waals surface area contributed by atoms with Gasteiger partial charge in [-0.3, -0.25) is 0 Å². The molecule has 7 heteroatoms. The summed E-state index contributed by atoms with van der Waals surface area (Å²) in [5, 5.41) is 5.29. The van der Waals surface area contributed by atoms with Crippen LogP contribution in [-0.4, -0.2) is 33.2 Å². The second kappa shape index (κ2) is 6.01. The molecule has 0 aromatic carbocycles. The number of thioether (sulfide) groups is 1. The zero-order chi connectivity index (χ0) is 13.0. The zero-order valence-corrected chi connectivity index (χ0v) is 12.0. The summed E-state index contributed by atoms with van der Waals surface area (Å²) >= 11 is 2.94. The Morgan fingerprint density at radius 2 is 2.00 bits per heavy atom. The van der Waals surface area contributed by atoms with E-state index in [0.29, 0.717) is 5.16 Å². The number of hydrogen-bond acceptors (Lipinski definition) is 7. The van der Waals surface area contributed by atoms with Crippen LogP contribution in [0, 0.1) is 6.92 Å². The van der Waals surface area contributed by atoms with E-state index < -0.39 is 0 Å². The van der Waals surface area contributed by atoms with Crippen molar-refractivity contribution in [3.63, 3.8) is 0 Å². The van der Waals surface area contributed by atoms with Gasteiger partial charge in [0.05, 0.1) is 0 Å². The molecular formula is C11H13N5S2. The van der Waals surface area contributed by atoms with E-state index in [1.54, 1.807) is 6.20 Å². The van der Waals surface area contributed by atoms with Gasteiger partial charge in [-0.1, -0.05) is 11.8 Å². The summed E-state index contributed by atoms with van der Waals surface area (Å²) < 4.78 is 0. The lowest BCUT2D eigenvalue weighted by molar-refractivity contribution is 0.883. The molecule has 2 heterocycles. The smallest absolute Gasteiger partial charge is 0.194 e. The number of aryl methyl sites for hydroxylation is 1. The van der Waals surface area contributed by atoms with Crippen LogP contribution in [0.4, 0.5) is 5.82 Å². The third kappa shape index (κ3) is 3.33. The molecule has 0 bridgehead atoms. The molecule has 0 unspecified atom stereocenters. The van der Waals surface area contributed by atoms with Crippen LogP contribution >= 0.6 is 23.5 Å². The van der Waals surface area contributed by atoms with Crippen molar-refractivity contribution in [3.05, 3.63) is 24.0 Å². The van der Waals surface area contributed by atoms with Gasteiger partial charge in [0.15, 0.2) is 10.3 Å². The minimum absolute atomic E-state index is 0.697. The number of nitrogens with one attached hydrogen (secondary N) is 1. The maximum atomic E-state index is 4.42. The number of aromatic nitrogens is 4. The van der Waals surface area contributed by atoms with Crippen LogP contribution < -0.4 is 5.32 Å². The SMILES string of the molecule is CNc1cc(Sc2nccc(C)n2)nc(SC)n1. The first-order chi connectivity index (χ1) is 8.71. The summed E-state index contributed by atoms with van der Waals surface area (Å²) in [4.78, 5) is 17.3. The fraction of sp³-hybridized carbons (Fsp3) is 0.273. The molecule has 0 fully saturated rings. The van der Waals surface area contributed by atoms with E-state index in [-0.39, 0.29) is 0 Å². The molecule has 0 aliphatic heterocycles. The van der Waals surface area contributed by atoms with Crippen LogP contribution in [0.25, 0.3) is 0 Å². The summed E-state index contributed by atoms with van der Waals surface area (Å²) in [6, 6.07) is 3.76. The van der Waals surface area contributed by atoms with Crippen LogP contribution in [0.1, 0.15) is 5.69 Å².